The number of thiophene rings is 1. The SMILES string of the molecule is c1ccc2c(c1)nc(-c1cc(-c3cccc4c3oc3ccccc34)cc(-c3cccc4c3oc3ccccc34)c1)c1sc3ccccc3c12. The summed E-state index contributed by atoms with van der Waals surface area (Å²) < 4.78 is 15.6. The van der Waals surface area contributed by atoms with Gasteiger partial charge in [-0.2, -0.15) is 0 Å². The smallest absolute Gasteiger partial charge is 0.143 e. The lowest BCUT2D eigenvalue weighted by Crippen LogP contribution is -1.91. The average molecular weight is 644 g/mol. The van der Waals surface area contributed by atoms with Gasteiger partial charge in [0.2, 0.25) is 0 Å². The van der Waals surface area contributed by atoms with Gasteiger partial charge in [-0.3, -0.25) is 0 Å². The molecule has 11 aromatic rings. The first-order valence-corrected chi connectivity index (χ1v) is 17.3. The number of para-hydroxylation sites is 5. The molecule has 0 N–H and O–H groups in total. The van der Waals surface area contributed by atoms with E-state index < -0.39 is 0 Å². The lowest BCUT2D eigenvalue weighted by molar-refractivity contribution is 0.670. The number of rotatable bonds is 3. The molecule has 49 heavy (non-hydrogen) atoms. The molecule has 11 rings (SSSR count). The molecule has 228 valence electrons. The lowest BCUT2D eigenvalue weighted by Gasteiger charge is -2.13. The first-order chi connectivity index (χ1) is 24.3. The Kier molecular flexibility index (Phi) is 5.54. The number of aromatic nitrogens is 1. The summed E-state index contributed by atoms with van der Waals surface area (Å²) in [5.41, 5.74) is 10.8. The van der Waals surface area contributed by atoms with E-state index in [0.29, 0.717) is 0 Å². The van der Waals surface area contributed by atoms with Crippen molar-refractivity contribution in [2.24, 2.45) is 0 Å². The van der Waals surface area contributed by atoms with Crippen molar-refractivity contribution in [1.29, 1.82) is 0 Å². The third-order valence-corrected chi connectivity index (χ3v) is 11.0. The Hall–Kier alpha value is -6.23. The standard InChI is InChI=1S/C45H25NO2S/c1-5-19-37-35(13-1)41-36-14-4-8-22-40(36)49-45(41)42(46-37)28-24-26(29-15-9-17-33-31-11-2-6-20-38(31)47-43(29)33)23-27(25-28)30-16-10-18-34-32-12-3-7-21-39(32)48-44(30)34/h1-25H. The molecule has 3 nitrogen and oxygen atoms in total. The second-order valence-electron chi connectivity index (χ2n) is 12.6. The molecule has 4 heterocycles. The van der Waals surface area contributed by atoms with Gasteiger partial charge >= 0.3 is 0 Å². The molecular weight excluding hydrogens is 619 g/mol. The molecule has 0 bridgehead atoms. The van der Waals surface area contributed by atoms with Crippen LogP contribution in [0.2, 0.25) is 0 Å². The highest BCUT2D eigenvalue weighted by molar-refractivity contribution is 7.26. The molecule has 4 heteroatoms. The van der Waals surface area contributed by atoms with Crippen LogP contribution in [0.3, 0.4) is 0 Å². The van der Waals surface area contributed by atoms with E-state index >= 15 is 0 Å². The maximum atomic E-state index is 6.57. The quantitative estimate of drug-likeness (QED) is 0.192. The van der Waals surface area contributed by atoms with Crippen LogP contribution >= 0.6 is 11.3 Å². The predicted octanol–water partition coefficient (Wildman–Crippen LogP) is 13.4. The van der Waals surface area contributed by atoms with Crippen molar-refractivity contribution in [2.75, 3.05) is 0 Å². The molecule has 4 aromatic heterocycles. The van der Waals surface area contributed by atoms with Crippen LogP contribution in [-0.2, 0) is 0 Å². The first kappa shape index (κ1) is 26.8. The summed E-state index contributed by atoms with van der Waals surface area (Å²) in [6, 6.07) is 53.5. The number of furan rings is 2. The van der Waals surface area contributed by atoms with Gasteiger partial charge < -0.3 is 8.83 Å². The minimum absolute atomic E-state index is 0.882. The van der Waals surface area contributed by atoms with E-state index in [0.717, 1.165) is 82.9 Å². The van der Waals surface area contributed by atoms with Crippen LogP contribution in [0.4, 0.5) is 0 Å². The summed E-state index contributed by atoms with van der Waals surface area (Å²) in [7, 11) is 0. The highest BCUT2D eigenvalue weighted by atomic mass is 32.1. The Morgan fingerprint density at radius 2 is 0.939 bits per heavy atom. The monoisotopic (exact) mass is 643 g/mol. The molecule has 0 aliphatic heterocycles. The van der Waals surface area contributed by atoms with Crippen molar-refractivity contribution < 1.29 is 8.83 Å². The molecule has 0 aliphatic carbocycles. The molecular formula is C45H25NO2S. The maximum Gasteiger partial charge on any atom is 0.143 e. The summed E-state index contributed by atoms with van der Waals surface area (Å²) in [5.74, 6) is 0. The molecule has 0 atom stereocenters. The van der Waals surface area contributed by atoms with Gasteiger partial charge in [-0.25, -0.2) is 4.98 Å². The number of hydrogen-bond donors (Lipinski definition) is 0. The highest BCUT2D eigenvalue weighted by Gasteiger charge is 2.20. The second-order valence-corrected chi connectivity index (χ2v) is 13.7. The van der Waals surface area contributed by atoms with Crippen molar-refractivity contribution in [3.63, 3.8) is 0 Å². The summed E-state index contributed by atoms with van der Waals surface area (Å²) >= 11 is 1.81. The van der Waals surface area contributed by atoms with Gasteiger partial charge in [-0.15, -0.1) is 11.3 Å². The van der Waals surface area contributed by atoms with E-state index in [1.807, 2.05) is 35.6 Å². The fourth-order valence-electron chi connectivity index (χ4n) is 7.65. The van der Waals surface area contributed by atoms with Crippen molar-refractivity contribution >= 4 is 86.3 Å². The Morgan fingerprint density at radius 1 is 0.429 bits per heavy atom. The number of nitrogens with zero attached hydrogens (tertiary/aromatic N) is 1. The molecule has 0 saturated carbocycles. The fraction of sp³-hybridized carbons (Fsp3) is 0. The van der Waals surface area contributed by atoms with Crippen LogP contribution < -0.4 is 0 Å². The number of hydrogen-bond acceptors (Lipinski definition) is 4. The Morgan fingerprint density at radius 3 is 1.59 bits per heavy atom. The molecule has 0 fully saturated rings. The topological polar surface area (TPSA) is 39.2 Å². The summed E-state index contributed by atoms with van der Waals surface area (Å²) in [5, 5.41) is 8.14. The third kappa shape index (κ3) is 3.92. The van der Waals surface area contributed by atoms with Crippen molar-refractivity contribution in [1.82, 2.24) is 4.98 Å². The van der Waals surface area contributed by atoms with E-state index in [9.17, 15) is 0 Å². The van der Waals surface area contributed by atoms with Crippen molar-refractivity contribution in [2.45, 2.75) is 0 Å². The van der Waals surface area contributed by atoms with Gasteiger partial charge in [0, 0.05) is 59.1 Å². The molecule has 0 aliphatic rings. The van der Waals surface area contributed by atoms with Gasteiger partial charge in [0.15, 0.2) is 0 Å². The van der Waals surface area contributed by atoms with E-state index in [4.69, 9.17) is 13.8 Å². The zero-order valence-corrected chi connectivity index (χ0v) is 26.9. The number of pyridine rings is 1. The molecule has 0 saturated heterocycles. The summed E-state index contributed by atoms with van der Waals surface area (Å²) in [6.45, 7) is 0. The largest absolute Gasteiger partial charge is 0.455 e. The van der Waals surface area contributed by atoms with Gasteiger partial charge in [-0.1, -0.05) is 109 Å². The van der Waals surface area contributed by atoms with Crippen LogP contribution in [0.5, 0.6) is 0 Å². The van der Waals surface area contributed by atoms with E-state index in [2.05, 4.69) is 127 Å². The minimum atomic E-state index is 0.882. The average Bonchev–Trinajstić information content (AvgIpc) is 3.86. The molecule has 0 unspecified atom stereocenters. The van der Waals surface area contributed by atoms with Crippen molar-refractivity contribution in [3.8, 4) is 33.5 Å². The Balaban J connectivity index is 1.26. The van der Waals surface area contributed by atoms with E-state index in [1.165, 1.54) is 25.6 Å². The summed E-state index contributed by atoms with van der Waals surface area (Å²) in [4.78, 5) is 5.40. The minimum Gasteiger partial charge on any atom is -0.455 e. The number of fused-ring (bicyclic) bond motifs is 11. The zero-order chi connectivity index (χ0) is 32.1. The fourth-order valence-corrected chi connectivity index (χ4v) is 8.88. The van der Waals surface area contributed by atoms with Gasteiger partial charge in [0.1, 0.15) is 22.3 Å². The van der Waals surface area contributed by atoms with Crippen LogP contribution in [-0.4, -0.2) is 4.98 Å². The predicted molar refractivity (Wildman–Crippen MR) is 205 cm³/mol. The van der Waals surface area contributed by atoms with Crippen molar-refractivity contribution in [3.05, 3.63) is 152 Å². The molecule has 0 spiro atoms. The normalized spacial score (nSPS) is 12.1. The van der Waals surface area contributed by atoms with Crippen LogP contribution in [0.1, 0.15) is 0 Å². The Bertz CT molecular complexity index is 2990. The van der Waals surface area contributed by atoms with E-state index in [-0.39, 0.29) is 0 Å². The third-order valence-electron chi connectivity index (χ3n) is 9.85. The second kappa shape index (κ2) is 10.1. The Labute approximate surface area is 284 Å². The van der Waals surface area contributed by atoms with Crippen LogP contribution in [0, 0.1) is 0 Å². The molecule has 0 radical (unpaired) electrons. The first-order valence-electron chi connectivity index (χ1n) is 16.5. The molecule has 0 amide bonds. The van der Waals surface area contributed by atoms with Crippen LogP contribution in [0.25, 0.3) is 108 Å². The van der Waals surface area contributed by atoms with E-state index in [1.54, 1.807) is 0 Å². The molecule has 7 aromatic carbocycles. The van der Waals surface area contributed by atoms with Crippen LogP contribution in [0.15, 0.2) is 160 Å². The highest BCUT2D eigenvalue weighted by Crippen LogP contribution is 2.46. The zero-order valence-electron chi connectivity index (χ0n) is 26.1. The van der Waals surface area contributed by atoms with Gasteiger partial charge in [0.25, 0.3) is 0 Å². The maximum absolute atomic E-state index is 6.57. The lowest BCUT2D eigenvalue weighted by atomic mass is 9.92. The summed E-state index contributed by atoms with van der Waals surface area (Å²) in [6.07, 6.45) is 0. The van der Waals surface area contributed by atoms with Gasteiger partial charge in [-0.05, 0) is 53.6 Å². The number of benzene rings is 7. The van der Waals surface area contributed by atoms with Gasteiger partial charge in [0.05, 0.1) is 15.9 Å².